The number of ether oxygens (including phenoxy) is 1. The summed E-state index contributed by atoms with van der Waals surface area (Å²) in [7, 11) is 1.67. The number of rotatable bonds is 9. The molecule has 0 aliphatic heterocycles. The van der Waals surface area contributed by atoms with Gasteiger partial charge >= 0.3 is 0 Å². The molecule has 3 aromatic rings. The third kappa shape index (κ3) is 7.86. The summed E-state index contributed by atoms with van der Waals surface area (Å²) in [5.41, 5.74) is 3.59. The Labute approximate surface area is 201 Å². The van der Waals surface area contributed by atoms with E-state index in [9.17, 15) is 0 Å². The highest BCUT2D eigenvalue weighted by atomic mass is 127. The lowest BCUT2D eigenvalue weighted by Gasteiger charge is -2.14. The number of aromatic nitrogens is 3. The van der Waals surface area contributed by atoms with Crippen molar-refractivity contribution in [1.29, 1.82) is 0 Å². The lowest BCUT2D eigenvalue weighted by Crippen LogP contribution is -2.38. The number of hydrogen-bond acceptors (Lipinski definition) is 4. The van der Waals surface area contributed by atoms with Gasteiger partial charge in [-0.15, -0.1) is 34.2 Å². The summed E-state index contributed by atoms with van der Waals surface area (Å²) in [6.07, 6.45) is 2.64. The van der Waals surface area contributed by atoms with Crippen LogP contribution in [0.3, 0.4) is 0 Å². The van der Waals surface area contributed by atoms with Crippen molar-refractivity contribution in [3.8, 4) is 5.75 Å². The fraction of sp³-hybridized carbons (Fsp3) is 0.348. The predicted octanol–water partition coefficient (Wildman–Crippen LogP) is 3.71. The van der Waals surface area contributed by atoms with Gasteiger partial charge in [0.25, 0.3) is 0 Å². The Kier molecular flexibility index (Phi) is 10.3. The van der Waals surface area contributed by atoms with Gasteiger partial charge in [-0.1, -0.05) is 48.9 Å². The van der Waals surface area contributed by atoms with Crippen LogP contribution in [0, 0.1) is 6.92 Å². The second-order valence-electron chi connectivity index (χ2n) is 7.07. The summed E-state index contributed by atoms with van der Waals surface area (Å²) in [5.74, 6) is 2.61. The molecule has 0 spiro atoms. The van der Waals surface area contributed by atoms with Crippen LogP contribution in [0.25, 0.3) is 0 Å². The highest BCUT2D eigenvalue weighted by molar-refractivity contribution is 14.0. The van der Waals surface area contributed by atoms with Gasteiger partial charge in [-0.05, 0) is 30.2 Å². The summed E-state index contributed by atoms with van der Waals surface area (Å²) in [5, 5.41) is 15.0. The summed E-state index contributed by atoms with van der Waals surface area (Å²) in [6, 6.07) is 16.5. The van der Waals surface area contributed by atoms with Crippen molar-refractivity contribution in [2.75, 3.05) is 13.7 Å². The minimum Gasteiger partial charge on any atom is -0.497 e. The first-order valence-corrected chi connectivity index (χ1v) is 10.2. The first-order valence-electron chi connectivity index (χ1n) is 10.2. The Hall–Kier alpha value is -2.62. The summed E-state index contributed by atoms with van der Waals surface area (Å²) in [4.78, 5) is 4.76. The van der Waals surface area contributed by atoms with Crippen molar-refractivity contribution >= 4 is 29.9 Å². The van der Waals surface area contributed by atoms with Crippen LogP contribution in [0.2, 0.25) is 0 Å². The van der Waals surface area contributed by atoms with Gasteiger partial charge in [0.15, 0.2) is 5.96 Å². The molecule has 0 atom stereocenters. The van der Waals surface area contributed by atoms with E-state index in [1.807, 2.05) is 24.3 Å². The normalized spacial score (nSPS) is 11.0. The lowest BCUT2D eigenvalue weighted by molar-refractivity contribution is 0.414. The highest BCUT2D eigenvalue weighted by Gasteiger charge is 2.04. The van der Waals surface area contributed by atoms with E-state index in [2.05, 4.69) is 63.5 Å². The molecule has 0 saturated heterocycles. The van der Waals surface area contributed by atoms with Crippen LogP contribution in [0.15, 0.2) is 59.9 Å². The van der Waals surface area contributed by atoms with Gasteiger partial charge < -0.3 is 19.9 Å². The smallest absolute Gasteiger partial charge is 0.191 e. The molecule has 0 amide bonds. The monoisotopic (exact) mass is 534 g/mol. The number of benzene rings is 2. The zero-order valence-corrected chi connectivity index (χ0v) is 20.7. The van der Waals surface area contributed by atoms with E-state index >= 15 is 0 Å². The second-order valence-corrected chi connectivity index (χ2v) is 7.07. The van der Waals surface area contributed by atoms with E-state index in [0.29, 0.717) is 13.1 Å². The Morgan fingerprint density at radius 3 is 2.42 bits per heavy atom. The quantitative estimate of drug-likeness (QED) is 0.249. The Bertz CT molecular complexity index is 937. The first-order chi connectivity index (χ1) is 14.7. The molecule has 0 unspecified atom stereocenters. The fourth-order valence-corrected chi connectivity index (χ4v) is 3.00. The number of halogens is 1. The Morgan fingerprint density at radius 1 is 1.03 bits per heavy atom. The molecular weight excluding hydrogens is 503 g/mol. The van der Waals surface area contributed by atoms with E-state index in [0.717, 1.165) is 42.6 Å². The molecule has 2 N–H and O–H groups in total. The van der Waals surface area contributed by atoms with Crippen molar-refractivity contribution in [3.63, 3.8) is 0 Å². The SMILES string of the molecule is CCc1nncn1CCNC(=NCc1ccc(OC)cc1)NCc1ccc(C)cc1.I. The van der Waals surface area contributed by atoms with Gasteiger partial charge in [0.1, 0.15) is 17.9 Å². The van der Waals surface area contributed by atoms with E-state index in [4.69, 9.17) is 9.73 Å². The van der Waals surface area contributed by atoms with Crippen molar-refractivity contribution in [2.24, 2.45) is 4.99 Å². The van der Waals surface area contributed by atoms with E-state index in [-0.39, 0.29) is 24.0 Å². The maximum Gasteiger partial charge on any atom is 0.191 e. The van der Waals surface area contributed by atoms with Crippen LogP contribution in [-0.2, 0) is 26.1 Å². The first kappa shape index (κ1) is 24.6. The van der Waals surface area contributed by atoms with E-state index in [1.165, 1.54) is 11.1 Å². The molecule has 7 nitrogen and oxygen atoms in total. The number of nitrogens with one attached hydrogen (secondary N) is 2. The lowest BCUT2D eigenvalue weighted by atomic mass is 10.1. The average Bonchev–Trinajstić information content (AvgIpc) is 3.24. The molecule has 0 aliphatic rings. The van der Waals surface area contributed by atoms with Crippen LogP contribution in [0.5, 0.6) is 5.75 Å². The van der Waals surface area contributed by atoms with Crippen LogP contribution in [-0.4, -0.2) is 34.4 Å². The number of guanidine groups is 1. The van der Waals surface area contributed by atoms with Gasteiger partial charge in [-0.2, -0.15) is 0 Å². The molecule has 0 aliphatic carbocycles. The van der Waals surface area contributed by atoms with Gasteiger partial charge in [0.2, 0.25) is 0 Å². The van der Waals surface area contributed by atoms with Crippen molar-refractivity contribution in [3.05, 3.63) is 77.4 Å². The average molecular weight is 534 g/mol. The largest absolute Gasteiger partial charge is 0.497 e. The zero-order valence-electron chi connectivity index (χ0n) is 18.3. The van der Waals surface area contributed by atoms with Gasteiger partial charge in [0.05, 0.1) is 13.7 Å². The minimum absolute atomic E-state index is 0. The van der Waals surface area contributed by atoms with Crippen molar-refractivity contribution in [2.45, 2.75) is 39.9 Å². The maximum absolute atomic E-state index is 5.22. The molecule has 0 bridgehead atoms. The number of hydrogen-bond donors (Lipinski definition) is 2. The third-order valence-electron chi connectivity index (χ3n) is 4.82. The molecule has 2 aromatic carbocycles. The molecule has 166 valence electrons. The van der Waals surface area contributed by atoms with Gasteiger partial charge in [-0.25, -0.2) is 4.99 Å². The molecule has 0 radical (unpaired) electrons. The number of nitrogens with zero attached hydrogens (tertiary/aromatic N) is 4. The van der Waals surface area contributed by atoms with Crippen LogP contribution < -0.4 is 15.4 Å². The number of methoxy groups -OCH3 is 1. The standard InChI is InChI=1S/C23H30N6O.HI/c1-4-22-28-27-17-29(22)14-13-24-23(25-15-19-7-5-18(2)6-8-19)26-16-20-9-11-21(30-3)12-10-20;/h5-12,17H,4,13-16H2,1-3H3,(H2,24,25,26);1H. The summed E-state index contributed by atoms with van der Waals surface area (Å²) in [6.45, 7) is 6.98. The Balaban J connectivity index is 0.00000341. The topological polar surface area (TPSA) is 76.4 Å². The van der Waals surface area contributed by atoms with Crippen molar-refractivity contribution in [1.82, 2.24) is 25.4 Å². The number of aliphatic imine (C=N–C) groups is 1. The Morgan fingerprint density at radius 2 is 1.74 bits per heavy atom. The minimum atomic E-state index is 0. The molecule has 8 heteroatoms. The molecular formula is C23H31IN6O. The summed E-state index contributed by atoms with van der Waals surface area (Å²) >= 11 is 0. The number of aryl methyl sites for hydroxylation is 2. The summed E-state index contributed by atoms with van der Waals surface area (Å²) < 4.78 is 7.29. The molecule has 0 saturated carbocycles. The predicted molar refractivity (Wildman–Crippen MR) is 135 cm³/mol. The molecule has 1 aromatic heterocycles. The van der Waals surface area contributed by atoms with Crippen LogP contribution in [0.4, 0.5) is 0 Å². The van der Waals surface area contributed by atoms with Gasteiger partial charge in [-0.3, -0.25) is 0 Å². The van der Waals surface area contributed by atoms with Gasteiger partial charge in [0, 0.05) is 26.1 Å². The highest BCUT2D eigenvalue weighted by Crippen LogP contribution is 2.12. The maximum atomic E-state index is 5.22. The molecule has 31 heavy (non-hydrogen) atoms. The van der Waals surface area contributed by atoms with Crippen LogP contribution >= 0.6 is 24.0 Å². The molecule has 0 fully saturated rings. The van der Waals surface area contributed by atoms with Crippen molar-refractivity contribution < 1.29 is 4.74 Å². The fourth-order valence-electron chi connectivity index (χ4n) is 3.00. The van der Waals surface area contributed by atoms with E-state index < -0.39 is 0 Å². The molecule has 3 rings (SSSR count). The third-order valence-corrected chi connectivity index (χ3v) is 4.82. The second kappa shape index (κ2) is 12.9. The van der Waals surface area contributed by atoms with Crippen LogP contribution in [0.1, 0.15) is 29.4 Å². The molecule has 1 heterocycles. The zero-order chi connectivity index (χ0) is 21.2. The van der Waals surface area contributed by atoms with E-state index in [1.54, 1.807) is 13.4 Å².